The molecule has 0 radical (unpaired) electrons. The molecule has 82 valence electrons. The van der Waals surface area contributed by atoms with Crippen molar-refractivity contribution < 1.29 is 4.79 Å². The molecule has 0 aliphatic rings. The number of hydrogen-bond donors (Lipinski definition) is 1. The van der Waals surface area contributed by atoms with Crippen molar-refractivity contribution in [1.29, 1.82) is 0 Å². The Hall–Kier alpha value is -0.610. The summed E-state index contributed by atoms with van der Waals surface area (Å²) < 4.78 is 0. The smallest absolute Gasteiger partial charge is 0.251 e. The molecule has 0 aliphatic heterocycles. The summed E-state index contributed by atoms with van der Waals surface area (Å²) in [6.45, 7) is 2.16. The van der Waals surface area contributed by atoms with E-state index in [4.69, 9.17) is 0 Å². The molecule has 1 N–H and O–H groups in total. The van der Waals surface area contributed by atoms with Crippen LogP contribution in [0.25, 0.3) is 0 Å². The van der Waals surface area contributed by atoms with Gasteiger partial charge in [-0.3, -0.25) is 4.79 Å². The molecule has 2 nitrogen and oxygen atoms in total. The summed E-state index contributed by atoms with van der Waals surface area (Å²) >= 11 is 0. The molecule has 1 aromatic carbocycles. The van der Waals surface area contributed by atoms with Crippen molar-refractivity contribution >= 4 is 27.5 Å². The third-order valence-electron chi connectivity index (χ3n) is 2.11. The summed E-state index contributed by atoms with van der Waals surface area (Å²) in [4.78, 5) is 11.3. The van der Waals surface area contributed by atoms with Crippen molar-refractivity contribution in [2.24, 2.45) is 0 Å². The Labute approximate surface area is 98.6 Å². The van der Waals surface area contributed by atoms with Crippen molar-refractivity contribution in [2.45, 2.75) is 12.2 Å². The maximum Gasteiger partial charge on any atom is 0.251 e. The zero-order valence-corrected chi connectivity index (χ0v) is 10.7. The topological polar surface area (TPSA) is 29.1 Å². The molecule has 1 unspecified atom stereocenters. The quantitative estimate of drug-likeness (QED) is 0.821. The van der Waals surface area contributed by atoms with Crippen molar-refractivity contribution in [1.82, 2.24) is 5.32 Å². The molecule has 1 atom stereocenters. The summed E-state index contributed by atoms with van der Waals surface area (Å²) in [5.74, 6) is -0.0354. The van der Waals surface area contributed by atoms with E-state index in [0.29, 0.717) is 10.8 Å². The van der Waals surface area contributed by atoms with Gasteiger partial charge in [0.05, 0.1) is 0 Å². The van der Waals surface area contributed by atoms with Gasteiger partial charge in [-0.15, -0.1) is 0 Å². The van der Waals surface area contributed by atoms with Gasteiger partial charge in [0.25, 0.3) is 5.91 Å². The highest BCUT2D eigenvalue weighted by Crippen LogP contribution is 2.35. The van der Waals surface area contributed by atoms with Gasteiger partial charge >= 0.3 is 0 Å². The van der Waals surface area contributed by atoms with Crippen LogP contribution in [0.15, 0.2) is 24.3 Å². The average molecular weight is 241 g/mol. The lowest BCUT2D eigenvalue weighted by Crippen LogP contribution is -2.17. The van der Waals surface area contributed by atoms with E-state index in [9.17, 15) is 4.79 Å². The van der Waals surface area contributed by atoms with Crippen LogP contribution in [-0.2, 0) is 0 Å². The van der Waals surface area contributed by atoms with E-state index in [1.54, 1.807) is 17.8 Å². The molecule has 0 aromatic heterocycles. The second-order valence-electron chi connectivity index (χ2n) is 3.11. The molecule has 0 aliphatic carbocycles. The maximum atomic E-state index is 11.3. The van der Waals surface area contributed by atoms with Crippen molar-refractivity contribution in [3.8, 4) is 0 Å². The van der Waals surface area contributed by atoms with Crippen LogP contribution in [0.3, 0.4) is 0 Å². The normalized spacial score (nSPS) is 12.2. The summed E-state index contributed by atoms with van der Waals surface area (Å²) in [7, 11) is 5.22. The second-order valence-corrected chi connectivity index (χ2v) is 5.92. The Morgan fingerprint density at radius 2 is 1.93 bits per heavy atom. The molecule has 0 saturated carbocycles. The summed E-state index contributed by atoms with van der Waals surface area (Å²) in [6.07, 6.45) is 2.07. The Kier molecular flexibility index (Phi) is 5.05. The van der Waals surface area contributed by atoms with E-state index < -0.39 is 0 Å². The number of rotatable bonds is 4. The van der Waals surface area contributed by atoms with Gasteiger partial charge in [-0.25, -0.2) is 0 Å². The van der Waals surface area contributed by atoms with Crippen LogP contribution in [0.1, 0.15) is 28.1 Å². The monoisotopic (exact) mass is 241 g/mol. The fourth-order valence-electron chi connectivity index (χ4n) is 1.25. The molecule has 15 heavy (non-hydrogen) atoms. The predicted octanol–water partition coefficient (Wildman–Crippen LogP) is 3.12. The number of hydrogen-bond acceptors (Lipinski definition) is 3. The molecule has 1 amide bonds. The highest BCUT2D eigenvalue weighted by Gasteiger charge is 2.07. The lowest BCUT2D eigenvalue weighted by molar-refractivity contribution is 0.0963. The standard InChI is InChI=1S/C11H15NOS2/c1-8(15-14-3)9-4-6-10(7-5-9)11(13)12-2/h4-8H,1-3H3,(H,12,13). The van der Waals surface area contributed by atoms with E-state index in [0.717, 1.165) is 0 Å². The second kappa shape index (κ2) is 6.08. The molecule has 0 heterocycles. The number of nitrogens with one attached hydrogen (secondary N) is 1. The molecular weight excluding hydrogens is 226 g/mol. The molecule has 0 bridgehead atoms. The SMILES string of the molecule is CNC(=O)c1ccc(C(C)SSC)cc1. The van der Waals surface area contributed by atoms with Crippen LogP contribution in [0.4, 0.5) is 0 Å². The predicted molar refractivity (Wildman–Crippen MR) is 69.4 cm³/mol. The number of amides is 1. The minimum absolute atomic E-state index is 0.0354. The zero-order valence-electron chi connectivity index (χ0n) is 9.11. The molecule has 0 fully saturated rings. The first kappa shape index (κ1) is 12.5. The summed E-state index contributed by atoms with van der Waals surface area (Å²) in [5, 5.41) is 3.06. The van der Waals surface area contributed by atoms with Gasteiger partial charge in [0.2, 0.25) is 0 Å². The number of carbonyl (C=O) groups excluding carboxylic acids is 1. The lowest BCUT2D eigenvalue weighted by atomic mass is 10.1. The maximum absolute atomic E-state index is 11.3. The van der Waals surface area contributed by atoms with Crippen LogP contribution in [0, 0.1) is 0 Å². The Morgan fingerprint density at radius 3 is 2.40 bits per heavy atom. The van der Waals surface area contributed by atoms with Crippen LogP contribution in [0.2, 0.25) is 0 Å². The molecule has 0 spiro atoms. The largest absolute Gasteiger partial charge is 0.355 e. The summed E-state index contributed by atoms with van der Waals surface area (Å²) in [5.41, 5.74) is 1.96. The van der Waals surface area contributed by atoms with Gasteiger partial charge in [0.15, 0.2) is 0 Å². The minimum Gasteiger partial charge on any atom is -0.355 e. The highest BCUT2D eigenvalue weighted by atomic mass is 33.1. The first-order valence-electron chi connectivity index (χ1n) is 4.70. The van der Waals surface area contributed by atoms with Gasteiger partial charge in [0.1, 0.15) is 0 Å². The van der Waals surface area contributed by atoms with Crippen LogP contribution in [-0.4, -0.2) is 19.2 Å². The summed E-state index contributed by atoms with van der Waals surface area (Å²) in [6, 6.07) is 7.76. The molecule has 4 heteroatoms. The fourth-order valence-corrected chi connectivity index (χ4v) is 3.01. The van der Waals surface area contributed by atoms with Gasteiger partial charge in [-0.2, -0.15) is 0 Å². The molecule has 1 rings (SSSR count). The lowest BCUT2D eigenvalue weighted by Gasteiger charge is -2.09. The van der Waals surface area contributed by atoms with Crippen molar-refractivity contribution in [2.75, 3.05) is 13.3 Å². The zero-order chi connectivity index (χ0) is 11.3. The average Bonchev–Trinajstić information content (AvgIpc) is 2.28. The highest BCUT2D eigenvalue weighted by molar-refractivity contribution is 8.76. The van der Waals surface area contributed by atoms with Gasteiger partial charge in [0, 0.05) is 17.9 Å². The first-order chi connectivity index (χ1) is 7.19. The van der Waals surface area contributed by atoms with Crippen LogP contribution >= 0.6 is 21.6 Å². The Balaban J connectivity index is 2.76. The number of carbonyl (C=O) groups is 1. The van der Waals surface area contributed by atoms with Gasteiger partial charge in [-0.1, -0.05) is 33.7 Å². The van der Waals surface area contributed by atoms with Crippen molar-refractivity contribution in [3.05, 3.63) is 35.4 Å². The van der Waals surface area contributed by atoms with Gasteiger partial charge < -0.3 is 5.32 Å². The van der Waals surface area contributed by atoms with E-state index >= 15 is 0 Å². The molecule has 1 aromatic rings. The molecule has 0 saturated heterocycles. The minimum atomic E-state index is -0.0354. The van der Waals surface area contributed by atoms with Crippen LogP contribution in [0.5, 0.6) is 0 Å². The fraction of sp³-hybridized carbons (Fsp3) is 0.364. The van der Waals surface area contributed by atoms with E-state index in [1.807, 2.05) is 35.1 Å². The van der Waals surface area contributed by atoms with Crippen molar-refractivity contribution in [3.63, 3.8) is 0 Å². The Bertz CT molecular complexity index is 324. The van der Waals surface area contributed by atoms with Gasteiger partial charge in [-0.05, 0) is 30.9 Å². The van der Waals surface area contributed by atoms with E-state index in [2.05, 4.69) is 18.5 Å². The third-order valence-corrected chi connectivity index (χ3v) is 4.31. The van der Waals surface area contributed by atoms with E-state index in [-0.39, 0.29) is 5.91 Å². The third kappa shape index (κ3) is 3.47. The Morgan fingerprint density at radius 1 is 1.33 bits per heavy atom. The van der Waals surface area contributed by atoms with Crippen LogP contribution < -0.4 is 5.32 Å². The van der Waals surface area contributed by atoms with E-state index in [1.165, 1.54) is 5.56 Å². The number of benzene rings is 1. The first-order valence-corrected chi connectivity index (χ1v) is 7.32. The molecular formula is C11H15NOS2.